The minimum atomic E-state index is -0.651. The molecule has 4 rings (SSSR count). The minimum absolute atomic E-state index is 0.0791. The molecule has 0 bridgehead atoms. The van der Waals surface area contributed by atoms with E-state index in [4.69, 9.17) is 14.2 Å². The molecule has 2 aromatic rings. The first-order valence-electron chi connectivity index (χ1n) is 9.97. The summed E-state index contributed by atoms with van der Waals surface area (Å²) in [6, 6.07) is 9.51. The predicted octanol–water partition coefficient (Wildman–Crippen LogP) is 0.722. The number of hydrogen-bond acceptors (Lipinski definition) is 7. The van der Waals surface area contributed by atoms with E-state index in [1.165, 1.54) is 20.3 Å². The van der Waals surface area contributed by atoms with Crippen molar-refractivity contribution in [3.8, 4) is 11.5 Å². The van der Waals surface area contributed by atoms with E-state index < -0.39 is 11.7 Å². The first-order valence-corrected chi connectivity index (χ1v) is 9.97. The van der Waals surface area contributed by atoms with Gasteiger partial charge in [-0.05, 0) is 36.4 Å². The summed E-state index contributed by atoms with van der Waals surface area (Å²) in [5.74, 6) is -0.334. The molecular weight excluding hydrogens is 414 g/mol. The molecule has 1 saturated heterocycles. The van der Waals surface area contributed by atoms with Gasteiger partial charge in [-0.15, -0.1) is 0 Å². The van der Waals surface area contributed by atoms with Crippen LogP contribution in [0.3, 0.4) is 0 Å². The molecule has 2 aliphatic rings. The van der Waals surface area contributed by atoms with E-state index in [0.717, 1.165) is 6.08 Å². The van der Waals surface area contributed by atoms with E-state index in [1.807, 2.05) is 0 Å². The fourth-order valence-electron chi connectivity index (χ4n) is 3.42. The summed E-state index contributed by atoms with van der Waals surface area (Å²) in [5, 5.41) is 0.708. The number of carbonyl (C=O) groups excluding carboxylic acids is 3. The molecule has 2 aliphatic heterocycles. The van der Waals surface area contributed by atoms with E-state index in [-0.39, 0.29) is 11.6 Å². The summed E-state index contributed by atoms with van der Waals surface area (Å²) in [6.45, 7) is 2.03. The van der Waals surface area contributed by atoms with Crippen LogP contribution in [0.25, 0.3) is 0 Å². The van der Waals surface area contributed by atoms with Crippen LogP contribution in [0.1, 0.15) is 20.7 Å². The molecule has 2 amide bonds. The maximum absolute atomic E-state index is 12.7. The molecule has 1 fully saturated rings. The molecule has 0 aliphatic carbocycles. The highest BCUT2D eigenvalue weighted by Crippen LogP contribution is 2.28. The number of ether oxygens (including phenoxy) is 3. The molecule has 32 heavy (non-hydrogen) atoms. The Balaban J connectivity index is 1.62. The summed E-state index contributed by atoms with van der Waals surface area (Å²) in [4.78, 5) is 47.8. The van der Waals surface area contributed by atoms with Crippen LogP contribution in [-0.4, -0.2) is 63.0 Å². The van der Waals surface area contributed by atoms with Crippen LogP contribution in [0.2, 0.25) is 0 Å². The molecule has 0 atom stereocenters. The average Bonchev–Trinajstić information content (AvgIpc) is 2.83. The first-order chi connectivity index (χ1) is 15.5. The van der Waals surface area contributed by atoms with E-state index in [0.29, 0.717) is 59.6 Å². The largest absolute Gasteiger partial charge is 0.493 e. The third-order valence-electron chi connectivity index (χ3n) is 5.14. The van der Waals surface area contributed by atoms with Gasteiger partial charge in [0.25, 0.3) is 11.8 Å². The zero-order valence-electron chi connectivity index (χ0n) is 17.7. The zero-order valence-corrected chi connectivity index (χ0v) is 17.7. The van der Waals surface area contributed by atoms with Gasteiger partial charge in [-0.2, -0.15) is 0 Å². The van der Waals surface area contributed by atoms with Gasteiger partial charge in [0, 0.05) is 30.3 Å². The lowest BCUT2D eigenvalue weighted by Gasteiger charge is -2.26. The van der Waals surface area contributed by atoms with E-state index >= 15 is 0 Å². The van der Waals surface area contributed by atoms with Gasteiger partial charge >= 0.3 is 0 Å². The summed E-state index contributed by atoms with van der Waals surface area (Å²) >= 11 is 0. The number of ketones is 1. The van der Waals surface area contributed by atoms with Gasteiger partial charge in [0.15, 0.2) is 17.3 Å². The third kappa shape index (κ3) is 4.28. The van der Waals surface area contributed by atoms with Crippen molar-refractivity contribution in [3.05, 3.63) is 70.0 Å². The van der Waals surface area contributed by atoms with Crippen molar-refractivity contribution >= 4 is 17.6 Å². The van der Waals surface area contributed by atoms with Crippen molar-refractivity contribution in [2.24, 2.45) is 9.98 Å². The monoisotopic (exact) mass is 435 g/mol. The lowest BCUT2D eigenvalue weighted by Crippen LogP contribution is -2.41. The summed E-state index contributed by atoms with van der Waals surface area (Å²) in [5.41, 5.74) is 0.658. The highest BCUT2D eigenvalue weighted by Gasteiger charge is 2.20. The first kappa shape index (κ1) is 21.4. The van der Waals surface area contributed by atoms with E-state index in [1.54, 1.807) is 35.2 Å². The Labute approximate surface area is 183 Å². The molecule has 0 unspecified atom stereocenters. The van der Waals surface area contributed by atoms with Gasteiger partial charge in [0.05, 0.1) is 38.1 Å². The van der Waals surface area contributed by atoms with Crippen molar-refractivity contribution in [1.82, 2.24) is 4.90 Å². The second kappa shape index (κ2) is 9.11. The molecule has 9 heteroatoms. The molecule has 0 spiro atoms. The van der Waals surface area contributed by atoms with Crippen molar-refractivity contribution in [1.29, 1.82) is 0 Å². The quantitative estimate of drug-likeness (QED) is 0.506. The number of carbonyl (C=O) groups is 3. The Kier molecular flexibility index (Phi) is 6.09. The van der Waals surface area contributed by atoms with Gasteiger partial charge < -0.3 is 19.1 Å². The molecule has 0 saturated carbocycles. The average molecular weight is 435 g/mol. The molecule has 2 heterocycles. The maximum Gasteiger partial charge on any atom is 0.296 e. The van der Waals surface area contributed by atoms with Crippen LogP contribution >= 0.6 is 0 Å². The molecule has 0 radical (unpaired) electrons. The number of hydrogen-bond donors (Lipinski definition) is 0. The highest BCUT2D eigenvalue weighted by atomic mass is 16.5. The normalized spacial score (nSPS) is 16.6. The second-order valence-corrected chi connectivity index (χ2v) is 7.10. The summed E-state index contributed by atoms with van der Waals surface area (Å²) in [7, 11) is 2.97. The Bertz CT molecular complexity index is 1240. The smallest absolute Gasteiger partial charge is 0.296 e. The number of benzene rings is 2. The summed E-state index contributed by atoms with van der Waals surface area (Å²) < 4.78 is 15.7. The van der Waals surface area contributed by atoms with Crippen molar-refractivity contribution in [2.45, 2.75) is 0 Å². The van der Waals surface area contributed by atoms with Crippen LogP contribution in [0.15, 0.2) is 58.2 Å². The zero-order chi connectivity index (χ0) is 22.7. The van der Waals surface area contributed by atoms with Gasteiger partial charge in [-0.1, -0.05) is 0 Å². The van der Waals surface area contributed by atoms with E-state index in [9.17, 15) is 14.4 Å². The Morgan fingerprint density at radius 1 is 0.938 bits per heavy atom. The van der Waals surface area contributed by atoms with Crippen molar-refractivity contribution in [2.75, 3.05) is 40.5 Å². The van der Waals surface area contributed by atoms with Gasteiger partial charge in [-0.25, -0.2) is 9.98 Å². The number of morpholine rings is 1. The molecule has 0 N–H and O–H groups in total. The van der Waals surface area contributed by atoms with Crippen LogP contribution in [0.5, 0.6) is 11.5 Å². The predicted molar refractivity (Wildman–Crippen MR) is 112 cm³/mol. The van der Waals surface area contributed by atoms with Crippen molar-refractivity contribution in [3.63, 3.8) is 0 Å². The lowest BCUT2D eigenvalue weighted by atomic mass is 10.1. The Morgan fingerprint density at radius 3 is 2.38 bits per heavy atom. The number of nitrogens with zero attached hydrogens (tertiary/aromatic N) is 3. The second-order valence-electron chi connectivity index (χ2n) is 7.10. The third-order valence-corrected chi connectivity index (χ3v) is 5.14. The number of fused-ring (bicyclic) bond motifs is 1. The van der Waals surface area contributed by atoms with Crippen LogP contribution < -0.4 is 20.2 Å². The van der Waals surface area contributed by atoms with Crippen LogP contribution in [0.4, 0.5) is 0 Å². The van der Waals surface area contributed by atoms with Crippen LogP contribution in [0, 0.1) is 0 Å². The fraction of sp³-hybridized carbons (Fsp3) is 0.261. The van der Waals surface area contributed by atoms with Gasteiger partial charge in [0.1, 0.15) is 5.70 Å². The molecular formula is C23H21N3O6. The van der Waals surface area contributed by atoms with Crippen molar-refractivity contribution < 1.29 is 28.6 Å². The Hall–Kier alpha value is -3.85. The number of allylic oxidation sites excluding steroid dienone is 1. The van der Waals surface area contributed by atoms with Gasteiger partial charge in [-0.3, -0.25) is 14.4 Å². The molecule has 164 valence electrons. The minimum Gasteiger partial charge on any atom is -0.493 e. The highest BCUT2D eigenvalue weighted by molar-refractivity contribution is 6.10. The maximum atomic E-state index is 12.7. The molecule has 2 aromatic carbocycles. The molecule has 0 aromatic heterocycles. The molecule has 9 nitrogen and oxygen atoms in total. The topological polar surface area (TPSA) is 107 Å². The standard InChI is InChI=1S/C23H21N3O6/c1-30-20-6-4-14(12-21(20)31-2)19(27)13-18-22(28)25-17-11-15(3-5-16(17)24-18)23(29)26-7-9-32-10-8-26/h3-6,11-13H,7-10H2,1-2H3/b18-13-. The lowest BCUT2D eigenvalue weighted by molar-refractivity contribution is -0.114. The number of rotatable bonds is 5. The SMILES string of the molecule is COc1ccc(C(=O)/C=C2\N=c3ccc(C(=O)N4CCOCC4)cc3=NC2=O)cc1OC. The number of amides is 2. The fourth-order valence-corrected chi connectivity index (χ4v) is 3.42. The Morgan fingerprint density at radius 2 is 1.66 bits per heavy atom. The van der Waals surface area contributed by atoms with Crippen LogP contribution in [-0.2, 0) is 9.53 Å². The van der Waals surface area contributed by atoms with E-state index in [2.05, 4.69) is 9.98 Å². The number of methoxy groups -OCH3 is 2. The van der Waals surface area contributed by atoms with Gasteiger partial charge in [0.2, 0.25) is 0 Å². The summed E-state index contributed by atoms with van der Waals surface area (Å²) in [6.07, 6.45) is 1.14.